The monoisotopic (exact) mass is 310 g/mol. The molecule has 3 aromatic rings. The molecule has 1 saturated heterocycles. The number of hydrogen-bond donors (Lipinski definition) is 1. The van der Waals surface area contributed by atoms with Crippen LogP contribution in [0.3, 0.4) is 0 Å². The molecule has 1 N–H and O–H groups in total. The van der Waals surface area contributed by atoms with Crippen LogP contribution in [0.5, 0.6) is 0 Å². The first-order chi connectivity index (χ1) is 11.2. The van der Waals surface area contributed by atoms with Gasteiger partial charge in [-0.2, -0.15) is 0 Å². The number of benzene rings is 1. The standard InChI is InChI=1S/C18H22N4O/c1-3-13-10-14(23-21-13)11-22-8-4-5-17(22)18-19-15-7-6-12(2)9-16(15)20-18/h6-7,9-10,17H,3-5,8,11H2,1-2H3,(H,19,20). The Morgan fingerprint density at radius 1 is 1.35 bits per heavy atom. The third kappa shape index (κ3) is 2.77. The van der Waals surface area contributed by atoms with Gasteiger partial charge in [0.2, 0.25) is 0 Å². The molecule has 1 unspecified atom stereocenters. The Labute approximate surface area is 135 Å². The van der Waals surface area contributed by atoms with E-state index in [-0.39, 0.29) is 0 Å². The van der Waals surface area contributed by atoms with Crippen LogP contribution >= 0.6 is 0 Å². The molecule has 0 saturated carbocycles. The van der Waals surface area contributed by atoms with E-state index >= 15 is 0 Å². The molecule has 5 heteroatoms. The van der Waals surface area contributed by atoms with E-state index in [4.69, 9.17) is 9.51 Å². The lowest BCUT2D eigenvalue weighted by Crippen LogP contribution is -2.23. The summed E-state index contributed by atoms with van der Waals surface area (Å²) in [6.07, 6.45) is 3.24. The fourth-order valence-electron chi connectivity index (χ4n) is 3.42. The Bertz CT molecular complexity index is 819. The predicted molar refractivity (Wildman–Crippen MR) is 89.1 cm³/mol. The molecule has 4 rings (SSSR count). The maximum Gasteiger partial charge on any atom is 0.150 e. The number of aromatic nitrogens is 3. The van der Waals surface area contributed by atoms with E-state index in [9.17, 15) is 0 Å². The average Bonchev–Trinajstić information content (AvgIpc) is 3.25. The Balaban J connectivity index is 1.58. The smallest absolute Gasteiger partial charge is 0.150 e. The summed E-state index contributed by atoms with van der Waals surface area (Å²) in [5, 5.41) is 4.09. The van der Waals surface area contributed by atoms with E-state index in [0.717, 1.165) is 54.2 Å². The molecule has 5 nitrogen and oxygen atoms in total. The van der Waals surface area contributed by atoms with Gasteiger partial charge in [-0.15, -0.1) is 0 Å². The lowest BCUT2D eigenvalue weighted by Gasteiger charge is -2.21. The number of fused-ring (bicyclic) bond motifs is 1. The van der Waals surface area contributed by atoms with Crippen LogP contribution in [0, 0.1) is 6.92 Å². The van der Waals surface area contributed by atoms with Crippen molar-refractivity contribution in [3.8, 4) is 0 Å². The van der Waals surface area contributed by atoms with Crippen LogP contribution in [-0.2, 0) is 13.0 Å². The second-order valence-electron chi connectivity index (χ2n) is 6.41. The van der Waals surface area contributed by atoms with E-state index in [1.807, 2.05) is 0 Å². The lowest BCUT2D eigenvalue weighted by atomic mass is 10.2. The number of aromatic amines is 1. The number of likely N-dealkylation sites (tertiary alicyclic amines) is 1. The van der Waals surface area contributed by atoms with Crippen LogP contribution in [-0.4, -0.2) is 26.6 Å². The fourth-order valence-corrected chi connectivity index (χ4v) is 3.42. The summed E-state index contributed by atoms with van der Waals surface area (Å²) in [7, 11) is 0. The van der Waals surface area contributed by atoms with Crippen LogP contribution in [0.4, 0.5) is 0 Å². The van der Waals surface area contributed by atoms with Gasteiger partial charge in [0, 0.05) is 6.07 Å². The maximum atomic E-state index is 5.45. The number of imidazole rings is 1. The van der Waals surface area contributed by atoms with Crippen molar-refractivity contribution in [2.75, 3.05) is 6.54 Å². The number of nitrogens with one attached hydrogen (secondary N) is 1. The minimum Gasteiger partial charge on any atom is -0.360 e. The molecule has 0 bridgehead atoms. The zero-order valence-electron chi connectivity index (χ0n) is 13.7. The molecule has 0 amide bonds. The van der Waals surface area contributed by atoms with Gasteiger partial charge in [-0.05, 0) is 50.4 Å². The van der Waals surface area contributed by atoms with Crippen LogP contribution < -0.4 is 0 Å². The highest BCUT2D eigenvalue weighted by Crippen LogP contribution is 2.32. The summed E-state index contributed by atoms with van der Waals surface area (Å²) in [6, 6.07) is 8.76. The molecule has 120 valence electrons. The van der Waals surface area contributed by atoms with Crippen molar-refractivity contribution in [1.29, 1.82) is 0 Å². The zero-order chi connectivity index (χ0) is 15.8. The Morgan fingerprint density at radius 3 is 3.09 bits per heavy atom. The highest BCUT2D eigenvalue weighted by Gasteiger charge is 2.29. The molecule has 2 aromatic heterocycles. The Kier molecular flexibility index (Phi) is 3.65. The molecule has 0 aliphatic carbocycles. The van der Waals surface area contributed by atoms with Crippen LogP contribution in [0.15, 0.2) is 28.8 Å². The minimum atomic E-state index is 0.331. The largest absolute Gasteiger partial charge is 0.360 e. The molecule has 1 aromatic carbocycles. The summed E-state index contributed by atoms with van der Waals surface area (Å²) < 4.78 is 5.45. The molecule has 23 heavy (non-hydrogen) atoms. The fraction of sp³-hybridized carbons (Fsp3) is 0.444. The molecular formula is C18H22N4O. The van der Waals surface area contributed by atoms with Crippen molar-refractivity contribution in [2.45, 2.75) is 45.7 Å². The Morgan fingerprint density at radius 2 is 2.26 bits per heavy atom. The summed E-state index contributed by atoms with van der Waals surface area (Å²) in [5.74, 6) is 2.01. The number of H-pyrrole nitrogens is 1. The van der Waals surface area contributed by atoms with Gasteiger partial charge in [0.15, 0.2) is 5.76 Å². The molecule has 0 spiro atoms. The SMILES string of the molecule is CCc1cc(CN2CCCC2c2nc3ccc(C)cc3[nH]2)on1. The van der Waals surface area contributed by atoms with Crippen molar-refractivity contribution in [2.24, 2.45) is 0 Å². The van der Waals surface area contributed by atoms with Gasteiger partial charge in [-0.1, -0.05) is 18.1 Å². The summed E-state index contributed by atoms with van der Waals surface area (Å²) in [6.45, 7) is 6.07. The summed E-state index contributed by atoms with van der Waals surface area (Å²) in [4.78, 5) is 10.8. The molecular weight excluding hydrogens is 288 g/mol. The van der Waals surface area contributed by atoms with Crippen LogP contribution in [0.1, 0.15) is 48.6 Å². The average molecular weight is 310 g/mol. The van der Waals surface area contributed by atoms with Gasteiger partial charge in [0.05, 0.1) is 29.3 Å². The van der Waals surface area contributed by atoms with Crippen LogP contribution in [0.25, 0.3) is 11.0 Å². The van der Waals surface area contributed by atoms with Gasteiger partial charge in [-0.25, -0.2) is 4.98 Å². The first-order valence-corrected chi connectivity index (χ1v) is 8.37. The van der Waals surface area contributed by atoms with E-state index in [1.54, 1.807) is 0 Å². The van der Waals surface area contributed by atoms with Crippen LogP contribution in [0.2, 0.25) is 0 Å². The lowest BCUT2D eigenvalue weighted by molar-refractivity contribution is 0.211. The molecule has 1 fully saturated rings. The van der Waals surface area contributed by atoms with Gasteiger partial charge in [0.25, 0.3) is 0 Å². The number of hydrogen-bond acceptors (Lipinski definition) is 4. The van der Waals surface area contributed by atoms with Gasteiger partial charge in [-0.3, -0.25) is 4.90 Å². The van der Waals surface area contributed by atoms with Crippen molar-refractivity contribution < 1.29 is 4.52 Å². The normalized spacial score (nSPS) is 19.0. The molecule has 3 heterocycles. The van der Waals surface area contributed by atoms with Gasteiger partial charge in [0.1, 0.15) is 5.82 Å². The highest BCUT2D eigenvalue weighted by molar-refractivity contribution is 5.75. The highest BCUT2D eigenvalue weighted by atomic mass is 16.5. The van der Waals surface area contributed by atoms with Crippen molar-refractivity contribution >= 4 is 11.0 Å². The Hall–Kier alpha value is -2.14. The van der Waals surface area contributed by atoms with Crippen molar-refractivity contribution in [3.63, 3.8) is 0 Å². The number of aryl methyl sites for hydroxylation is 2. The third-order valence-corrected chi connectivity index (χ3v) is 4.66. The summed E-state index contributed by atoms with van der Waals surface area (Å²) in [5.41, 5.74) is 4.45. The first kappa shape index (κ1) is 14.5. The van der Waals surface area contributed by atoms with Gasteiger partial charge < -0.3 is 9.51 Å². The predicted octanol–water partition coefficient (Wildman–Crippen LogP) is 3.76. The molecule has 1 aliphatic heterocycles. The first-order valence-electron chi connectivity index (χ1n) is 8.37. The summed E-state index contributed by atoms with van der Waals surface area (Å²) >= 11 is 0. The second-order valence-corrected chi connectivity index (χ2v) is 6.41. The number of nitrogens with zero attached hydrogens (tertiary/aromatic N) is 3. The molecule has 0 radical (unpaired) electrons. The number of rotatable bonds is 4. The van der Waals surface area contributed by atoms with E-state index < -0.39 is 0 Å². The minimum absolute atomic E-state index is 0.331. The van der Waals surface area contributed by atoms with Crippen molar-refractivity contribution in [1.82, 2.24) is 20.0 Å². The van der Waals surface area contributed by atoms with Gasteiger partial charge >= 0.3 is 0 Å². The van der Waals surface area contributed by atoms with E-state index in [1.165, 1.54) is 12.0 Å². The van der Waals surface area contributed by atoms with E-state index in [0.29, 0.717) is 6.04 Å². The molecule has 1 aliphatic rings. The van der Waals surface area contributed by atoms with Crippen molar-refractivity contribution in [3.05, 3.63) is 47.1 Å². The second kappa shape index (κ2) is 5.81. The third-order valence-electron chi connectivity index (χ3n) is 4.66. The molecule has 1 atom stereocenters. The topological polar surface area (TPSA) is 58.0 Å². The zero-order valence-corrected chi connectivity index (χ0v) is 13.7. The van der Waals surface area contributed by atoms with E-state index in [2.05, 4.69) is 53.2 Å². The maximum absolute atomic E-state index is 5.45. The quantitative estimate of drug-likeness (QED) is 0.797.